The van der Waals surface area contributed by atoms with Gasteiger partial charge >= 0.3 is 0 Å². The van der Waals surface area contributed by atoms with E-state index < -0.39 is 4.92 Å². The lowest BCUT2D eigenvalue weighted by molar-refractivity contribution is -0.384. The van der Waals surface area contributed by atoms with Gasteiger partial charge in [-0.1, -0.05) is 6.07 Å². The van der Waals surface area contributed by atoms with Crippen molar-refractivity contribution in [2.45, 2.75) is 13.3 Å². The maximum absolute atomic E-state index is 11.1. The highest BCUT2D eigenvalue weighted by molar-refractivity contribution is 5.76. The van der Waals surface area contributed by atoms with Crippen LogP contribution >= 0.6 is 0 Å². The van der Waals surface area contributed by atoms with Crippen LogP contribution in [0.1, 0.15) is 13.3 Å². The van der Waals surface area contributed by atoms with Crippen LogP contribution in [0.5, 0.6) is 0 Å². The average molecular weight is 237 g/mol. The van der Waals surface area contributed by atoms with Gasteiger partial charge in [-0.05, 0) is 13.0 Å². The molecule has 0 aliphatic rings. The standard InChI is InChI=1S/C11H15N3O3/c1-2-12-11(15)6-7-13-9-4-3-5-10(8-9)14(16)17/h3-5,8,13H,2,6-7H2,1H3,(H,12,15). The van der Waals surface area contributed by atoms with Crippen LogP contribution in [0.15, 0.2) is 24.3 Å². The fourth-order valence-electron chi connectivity index (χ4n) is 1.34. The van der Waals surface area contributed by atoms with Gasteiger partial charge < -0.3 is 10.6 Å². The normalized spacial score (nSPS) is 9.71. The minimum Gasteiger partial charge on any atom is -0.384 e. The molecule has 0 heterocycles. The molecule has 0 unspecified atom stereocenters. The van der Waals surface area contributed by atoms with Crippen molar-refractivity contribution >= 4 is 17.3 Å². The van der Waals surface area contributed by atoms with Gasteiger partial charge in [0.2, 0.25) is 5.91 Å². The Bertz CT molecular complexity index is 407. The van der Waals surface area contributed by atoms with Gasteiger partial charge in [0.15, 0.2) is 0 Å². The third-order valence-corrected chi connectivity index (χ3v) is 2.11. The summed E-state index contributed by atoms with van der Waals surface area (Å²) in [5, 5.41) is 16.2. The van der Waals surface area contributed by atoms with Crippen LogP contribution in [-0.4, -0.2) is 23.9 Å². The molecule has 17 heavy (non-hydrogen) atoms. The number of non-ortho nitro benzene ring substituents is 1. The summed E-state index contributed by atoms with van der Waals surface area (Å²) < 4.78 is 0. The van der Waals surface area contributed by atoms with Gasteiger partial charge in [0.1, 0.15) is 0 Å². The summed E-state index contributed by atoms with van der Waals surface area (Å²) in [6, 6.07) is 6.20. The second kappa shape index (κ2) is 6.47. The van der Waals surface area contributed by atoms with Crippen LogP contribution in [-0.2, 0) is 4.79 Å². The van der Waals surface area contributed by atoms with Crippen LogP contribution in [0.4, 0.5) is 11.4 Å². The Morgan fingerprint density at radius 3 is 2.88 bits per heavy atom. The first-order valence-corrected chi connectivity index (χ1v) is 5.38. The van der Waals surface area contributed by atoms with Crippen LogP contribution in [0.3, 0.4) is 0 Å². The van der Waals surface area contributed by atoms with Crippen molar-refractivity contribution in [2.24, 2.45) is 0 Å². The maximum Gasteiger partial charge on any atom is 0.271 e. The SMILES string of the molecule is CCNC(=O)CCNc1cccc([N+](=O)[O-])c1. The first-order chi connectivity index (χ1) is 8.13. The smallest absolute Gasteiger partial charge is 0.271 e. The Morgan fingerprint density at radius 2 is 2.24 bits per heavy atom. The van der Waals surface area contributed by atoms with Crippen molar-refractivity contribution in [3.63, 3.8) is 0 Å². The molecule has 0 saturated carbocycles. The van der Waals surface area contributed by atoms with Crippen molar-refractivity contribution in [1.82, 2.24) is 5.32 Å². The Balaban J connectivity index is 2.44. The molecule has 1 aromatic carbocycles. The molecule has 0 aliphatic carbocycles. The molecule has 0 spiro atoms. The number of carbonyl (C=O) groups is 1. The van der Waals surface area contributed by atoms with E-state index in [-0.39, 0.29) is 11.6 Å². The second-order valence-corrected chi connectivity index (χ2v) is 3.44. The molecule has 1 aromatic rings. The van der Waals surface area contributed by atoms with E-state index in [1.807, 2.05) is 6.92 Å². The number of carbonyl (C=O) groups excluding carboxylic acids is 1. The number of hydrogen-bond donors (Lipinski definition) is 2. The Hall–Kier alpha value is -2.11. The predicted octanol–water partition coefficient (Wildman–Crippen LogP) is 1.53. The number of nitro benzene ring substituents is 1. The first-order valence-electron chi connectivity index (χ1n) is 5.38. The fraction of sp³-hybridized carbons (Fsp3) is 0.364. The summed E-state index contributed by atoms with van der Waals surface area (Å²) in [6.07, 6.45) is 0.344. The second-order valence-electron chi connectivity index (χ2n) is 3.44. The zero-order valence-corrected chi connectivity index (χ0v) is 9.60. The molecular weight excluding hydrogens is 222 g/mol. The van der Waals surface area contributed by atoms with E-state index in [0.717, 1.165) is 0 Å². The molecule has 0 radical (unpaired) electrons. The molecule has 92 valence electrons. The first kappa shape index (κ1) is 13.0. The average Bonchev–Trinajstić information content (AvgIpc) is 2.30. The third kappa shape index (κ3) is 4.50. The number of nitrogens with one attached hydrogen (secondary N) is 2. The monoisotopic (exact) mass is 237 g/mol. The zero-order chi connectivity index (χ0) is 12.7. The maximum atomic E-state index is 11.1. The van der Waals surface area contributed by atoms with E-state index in [1.54, 1.807) is 12.1 Å². The van der Waals surface area contributed by atoms with Crippen molar-refractivity contribution in [2.75, 3.05) is 18.4 Å². The number of benzene rings is 1. The highest BCUT2D eigenvalue weighted by Gasteiger charge is 2.05. The fourth-order valence-corrected chi connectivity index (χ4v) is 1.34. The summed E-state index contributed by atoms with van der Waals surface area (Å²) in [4.78, 5) is 21.2. The quantitative estimate of drug-likeness (QED) is 0.580. The van der Waals surface area contributed by atoms with E-state index in [0.29, 0.717) is 25.2 Å². The van der Waals surface area contributed by atoms with Crippen molar-refractivity contribution in [3.8, 4) is 0 Å². The van der Waals surface area contributed by atoms with Crippen LogP contribution in [0.2, 0.25) is 0 Å². The summed E-state index contributed by atoms with van der Waals surface area (Å²) in [7, 11) is 0. The van der Waals surface area contributed by atoms with E-state index in [1.165, 1.54) is 12.1 Å². The minimum absolute atomic E-state index is 0.0352. The molecule has 6 heteroatoms. The third-order valence-electron chi connectivity index (χ3n) is 2.11. The van der Waals surface area contributed by atoms with Gasteiger partial charge in [0.05, 0.1) is 4.92 Å². The van der Waals surface area contributed by atoms with Gasteiger partial charge in [-0.3, -0.25) is 14.9 Å². The Kier molecular flexibility index (Phi) is 4.93. The zero-order valence-electron chi connectivity index (χ0n) is 9.60. The van der Waals surface area contributed by atoms with Crippen molar-refractivity contribution in [3.05, 3.63) is 34.4 Å². The van der Waals surface area contributed by atoms with Gasteiger partial charge in [-0.25, -0.2) is 0 Å². The van der Waals surface area contributed by atoms with Gasteiger partial charge in [-0.15, -0.1) is 0 Å². The number of nitro groups is 1. The molecule has 0 saturated heterocycles. The molecule has 6 nitrogen and oxygen atoms in total. The molecule has 0 atom stereocenters. The summed E-state index contributed by atoms with van der Waals surface area (Å²) in [5.41, 5.74) is 0.677. The summed E-state index contributed by atoms with van der Waals surface area (Å²) >= 11 is 0. The molecule has 0 aliphatic heterocycles. The number of anilines is 1. The topological polar surface area (TPSA) is 84.3 Å². The number of hydrogen-bond acceptors (Lipinski definition) is 4. The van der Waals surface area contributed by atoms with Gasteiger partial charge in [0, 0.05) is 37.3 Å². The van der Waals surface area contributed by atoms with E-state index >= 15 is 0 Å². The highest BCUT2D eigenvalue weighted by atomic mass is 16.6. The minimum atomic E-state index is -0.449. The summed E-state index contributed by atoms with van der Waals surface area (Å²) in [6.45, 7) is 2.91. The Labute approximate surface area is 99.2 Å². The number of amides is 1. The molecule has 1 rings (SSSR count). The summed E-state index contributed by atoms with van der Waals surface area (Å²) in [5.74, 6) is -0.0366. The highest BCUT2D eigenvalue weighted by Crippen LogP contribution is 2.16. The molecule has 1 amide bonds. The van der Waals surface area contributed by atoms with Crippen LogP contribution in [0.25, 0.3) is 0 Å². The Morgan fingerprint density at radius 1 is 1.47 bits per heavy atom. The lowest BCUT2D eigenvalue weighted by Crippen LogP contribution is -2.24. The number of rotatable bonds is 6. The largest absolute Gasteiger partial charge is 0.384 e. The van der Waals surface area contributed by atoms with E-state index in [4.69, 9.17) is 0 Å². The van der Waals surface area contributed by atoms with Crippen LogP contribution in [0, 0.1) is 10.1 Å². The van der Waals surface area contributed by atoms with Gasteiger partial charge in [0.25, 0.3) is 5.69 Å². The van der Waals surface area contributed by atoms with E-state index in [2.05, 4.69) is 10.6 Å². The lowest BCUT2D eigenvalue weighted by Gasteiger charge is -2.06. The molecule has 0 bridgehead atoms. The molecule has 2 N–H and O–H groups in total. The molecule has 0 aromatic heterocycles. The molecule has 0 fully saturated rings. The van der Waals surface area contributed by atoms with Crippen molar-refractivity contribution < 1.29 is 9.72 Å². The van der Waals surface area contributed by atoms with Crippen molar-refractivity contribution in [1.29, 1.82) is 0 Å². The lowest BCUT2D eigenvalue weighted by atomic mass is 10.2. The van der Waals surface area contributed by atoms with Crippen LogP contribution < -0.4 is 10.6 Å². The van der Waals surface area contributed by atoms with Gasteiger partial charge in [-0.2, -0.15) is 0 Å². The number of nitrogens with zero attached hydrogens (tertiary/aromatic N) is 1. The predicted molar refractivity (Wildman–Crippen MR) is 64.9 cm³/mol. The van der Waals surface area contributed by atoms with E-state index in [9.17, 15) is 14.9 Å². The molecular formula is C11H15N3O3.